The summed E-state index contributed by atoms with van der Waals surface area (Å²) in [5.41, 5.74) is 2.74. The number of methoxy groups -OCH3 is 1. The fourth-order valence-corrected chi connectivity index (χ4v) is 4.80. The van der Waals surface area contributed by atoms with Gasteiger partial charge in [-0.1, -0.05) is 18.2 Å². The molecule has 2 unspecified atom stereocenters. The molecule has 2 aromatic carbocycles. The summed E-state index contributed by atoms with van der Waals surface area (Å²) in [5.74, 6) is -0.322. The summed E-state index contributed by atoms with van der Waals surface area (Å²) in [6.07, 6.45) is 4.09. The number of aromatic nitrogens is 1. The van der Waals surface area contributed by atoms with E-state index in [0.717, 1.165) is 21.8 Å². The molecular formula is C20H18N2O3S. The molecule has 1 aliphatic heterocycles. The molecule has 2 heterocycles. The summed E-state index contributed by atoms with van der Waals surface area (Å²) in [6.45, 7) is 0. The lowest BCUT2D eigenvalue weighted by atomic mass is 10.0. The smallest absolute Gasteiger partial charge is 0.307 e. The van der Waals surface area contributed by atoms with E-state index in [1.165, 1.54) is 7.11 Å². The van der Waals surface area contributed by atoms with Crippen molar-refractivity contribution in [1.82, 2.24) is 4.57 Å². The van der Waals surface area contributed by atoms with Gasteiger partial charge in [-0.3, -0.25) is 9.10 Å². The quantitative estimate of drug-likeness (QED) is 0.663. The van der Waals surface area contributed by atoms with Gasteiger partial charge in [-0.2, -0.15) is 0 Å². The van der Waals surface area contributed by atoms with Crippen LogP contribution in [0.15, 0.2) is 78.0 Å². The maximum atomic E-state index is 13.1. The zero-order chi connectivity index (χ0) is 18.1. The molecule has 0 amide bonds. The minimum Gasteiger partial charge on any atom is -0.469 e. The topological polar surface area (TPSA) is 51.5 Å². The molecule has 0 spiro atoms. The average Bonchev–Trinajstić information content (AvgIpc) is 3.30. The zero-order valence-electron chi connectivity index (χ0n) is 14.2. The lowest BCUT2D eigenvalue weighted by Gasteiger charge is -2.25. The summed E-state index contributed by atoms with van der Waals surface area (Å²) in [5, 5.41) is 0. The van der Waals surface area contributed by atoms with Crippen molar-refractivity contribution in [3.05, 3.63) is 78.6 Å². The Morgan fingerprint density at radius 1 is 1.00 bits per heavy atom. The van der Waals surface area contributed by atoms with Crippen LogP contribution in [0.2, 0.25) is 0 Å². The molecule has 4 rings (SSSR count). The fourth-order valence-electron chi connectivity index (χ4n) is 3.25. The van der Waals surface area contributed by atoms with Gasteiger partial charge in [0.15, 0.2) is 11.0 Å². The standard InChI is InChI=1S/C20H18N2O3S/c1-25-20(23)14-18-17-6-2-3-7-19(17)26(24)22(18)16-10-8-15(9-11-16)21-12-4-5-13-21/h2-13,18H,14H2,1H3. The average molecular weight is 366 g/mol. The second kappa shape index (κ2) is 6.80. The Morgan fingerprint density at radius 3 is 2.35 bits per heavy atom. The molecule has 0 radical (unpaired) electrons. The zero-order valence-corrected chi connectivity index (χ0v) is 15.1. The number of esters is 1. The number of hydrogen-bond acceptors (Lipinski definition) is 3. The van der Waals surface area contributed by atoms with Gasteiger partial charge >= 0.3 is 5.97 Å². The molecule has 6 heteroatoms. The first kappa shape index (κ1) is 16.6. The van der Waals surface area contributed by atoms with Gasteiger partial charge in [-0.15, -0.1) is 0 Å². The van der Waals surface area contributed by atoms with E-state index in [0.29, 0.717) is 0 Å². The molecular weight excluding hydrogens is 348 g/mol. The van der Waals surface area contributed by atoms with E-state index in [9.17, 15) is 9.00 Å². The fraction of sp³-hybridized carbons (Fsp3) is 0.150. The van der Waals surface area contributed by atoms with E-state index < -0.39 is 11.0 Å². The summed E-state index contributed by atoms with van der Waals surface area (Å²) >= 11 is 0. The first-order valence-electron chi connectivity index (χ1n) is 8.29. The van der Waals surface area contributed by atoms with Crippen molar-refractivity contribution >= 4 is 22.6 Å². The highest BCUT2D eigenvalue weighted by Gasteiger charge is 2.38. The minimum atomic E-state index is -1.36. The van der Waals surface area contributed by atoms with E-state index in [2.05, 4.69) is 0 Å². The van der Waals surface area contributed by atoms with Crippen LogP contribution >= 0.6 is 0 Å². The number of fused-ring (bicyclic) bond motifs is 1. The van der Waals surface area contributed by atoms with Gasteiger partial charge in [-0.05, 0) is 48.0 Å². The molecule has 3 aromatic rings. The summed E-state index contributed by atoms with van der Waals surface area (Å²) in [6, 6.07) is 19.0. The summed E-state index contributed by atoms with van der Waals surface area (Å²) in [4.78, 5) is 12.7. The van der Waals surface area contributed by atoms with E-state index in [1.54, 1.807) is 4.31 Å². The van der Waals surface area contributed by atoms with Crippen molar-refractivity contribution in [3.63, 3.8) is 0 Å². The van der Waals surface area contributed by atoms with Crippen LogP contribution in [0.3, 0.4) is 0 Å². The second-order valence-corrected chi connectivity index (χ2v) is 7.35. The third-order valence-electron chi connectivity index (χ3n) is 4.52. The highest BCUT2D eigenvalue weighted by atomic mass is 32.2. The van der Waals surface area contributed by atoms with Gasteiger partial charge in [0.25, 0.3) is 0 Å². The van der Waals surface area contributed by atoms with Crippen molar-refractivity contribution < 1.29 is 13.7 Å². The van der Waals surface area contributed by atoms with Crippen molar-refractivity contribution in [2.75, 3.05) is 11.4 Å². The SMILES string of the molecule is COC(=O)CC1c2ccccc2S(=O)N1c1ccc(-n2cccc2)cc1. The van der Waals surface area contributed by atoms with Gasteiger partial charge in [0.05, 0.1) is 30.2 Å². The van der Waals surface area contributed by atoms with E-state index >= 15 is 0 Å². The Morgan fingerprint density at radius 2 is 1.65 bits per heavy atom. The van der Waals surface area contributed by atoms with Crippen LogP contribution in [0.5, 0.6) is 0 Å². The van der Waals surface area contributed by atoms with Crippen molar-refractivity contribution in [2.45, 2.75) is 17.4 Å². The number of hydrogen-bond donors (Lipinski definition) is 0. The monoisotopic (exact) mass is 366 g/mol. The third-order valence-corrected chi connectivity index (χ3v) is 6.09. The van der Waals surface area contributed by atoms with Crippen molar-refractivity contribution in [1.29, 1.82) is 0 Å². The number of rotatable bonds is 4. The minimum absolute atomic E-state index is 0.151. The maximum absolute atomic E-state index is 13.1. The number of carbonyl (C=O) groups excluding carboxylic acids is 1. The molecule has 2 atom stereocenters. The Labute approximate surface area is 154 Å². The van der Waals surface area contributed by atoms with Crippen LogP contribution in [0.4, 0.5) is 5.69 Å². The maximum Gasteiger partial charge on any atom is 0.307 e. The van der Waals surface area contributed by atoms with Crippen LogP contribution in [0.1, 0.15) is 18.0 Å². The number of anilines is 1. The largest absolute Gasteiger partial charge is 0.469 e. The van der Waals surface area contributed by atoms with Crippen molar-refractivity contribution in [2.24, 2.45) is 0 Å². The van der Waals surface area contributed by atoms with Crippen LogP contribution in [0, 0.1) is 0 Å². The van der Waals surface area contributed by atoms with Crippen LogP contribution in [-0.4, -0.2) is 21.9 Å². The normalized spacial score (nSPS) is 18.6. The number of ether oxygens (including phenoxy) is 1. The summed E-state index contributed by atoms with van der Waals surface area (Å²) in [7, 11) is 0.0118. The Kier molecular flexibility index (Phi) is 4.34. The molecule has 0 aliphatic carbocycles. The van der Waals surface area contributed by atoms with Gasteiger partial charge < -0.3 is 9.30 Å². The van der Waals surface area contributed by atoms with Gasteiger partial charge in [0, 0.05) is 18.1 Å². The molecule has 0 fully saturated rings. The Hall–Kier alpha value is -2.86. The van der Waals surface area contributed by atoms with E-state index in [1.807, 2.05) is 77.6 Å². The summed E-state index contributed by atoms with van der Waals surface area (Å²) < 4.78 is 21.7. The van der Waals surface area contributed by atoms with Crippen molar-refractivity contribution in [3.8, 4) is 5.69 Å². The number of benzene rings is 2. The van der Waals surface area contributed by atoms with Crippen LogP contribution in [-0.2, 0) is 20.5 Å². The van der Waals surface area contributed by atoms with Crippen LogP contribution in [0.25, 0.3) is 5.69 Å². The molecule has 0 N–H and O–H groups in total. The molecule has 0 saturated heterocycles. The van der Waals surface area contributed by atoms with E-state index in [-0.39, 0.29) is 18.4 Å². The van der Waals surface area contributed by atoms with Gasteiger partial charge in [0.1, 0.15) is 0 Å². The molecule has 132 valence electrons. The van der Waals surface area contributed by atoms with Gasteiger partial charge in [0.2, 0.25) is 0 Å². The number of nitrogens with zero attached hydrogens (tertiary/aromatic N) is 2. The number of carbonyl (C=O) groups is 1. The predicted molar refractivity (Wildman–Crippen MR) is 100 cm³/mol. The third kappa shape index (κ3) is 2.82. The first-order chi connectivity index (χ1) is 12.7. The highest BCUT2D eigenvalue weighted by Crippen LogP contribution is 2.42. The molecule has 5 nitrogen and oxygen atoms in total. The van der Waals surface area contributed by atoms with E-state index in [4.69, 9.17) is 4.74 Å². The predicted octanol–water partition coefficient (Wildman–Crippen LogP) is 3.62. The Balaban J connectivity index is 1.71. The second-order valence-electron chi connectivity index (χ2n) is 6.02. The lowest BCUT2D eigenvalue weighted by molar-refractivity contribution is -0.141. The lowest BCUT2D eigenvalue weighted by Crippen LogP contribution is -2.26. The highest BCUT2D eigenvalue weighted by molar-refractivity contribution is 7.87. The molecule has 0 saturated carbocycles. The molecule has 26 heavy (non-hydrogen) atoms. The molecule has 1 aromatic heterocycles. The van der Waals surface area contributed by atoms with Crippen LogP contribution < -0.4 is 4.31 Å². The van der Waals surface area contributed by atoms with Gasteiger partial charge in [-0.25, -0.2) is 4.21 Å². The molecule has 0 bridgehead atoms. The Bertz CT molecular complexity index is 951. The molecule has 1 aliphatic rings. The first-order valence-corrected chi connectivity index (χ1v) is 9.40.